The minimum Gasteiger partial charge on any atom is -0.431 e. The maximum Gasteiger partial charge on any atom is 0.387 e. The summed E-state index contributed by atoms with van der Waals surface area (Å²) < 4.78 is 29.7. The lowest BCUT2D eigenvalue weighted by Gasteiger charge is -2.22. The van der Waals surface area contributed by atoms with Crippen LogP contribution in [0.3, 0.4) is 0 Å². The second-order valence-electron chi connectivity index (χ2n) is 4.68. The van der Waals surface area contributed by atoms with Crippen LogP contribution in [0, 0.1) is 5.92 Å². The van der Waals surface area contributed by atoms with Gasteiger partial charge < -0.3 is 15.4 Å². The van der Waals surface area contributed by atoms with Crippen molar-refractivity contribution < 1.29 is 18.3 Å². The summed E-state index contributed by atoms with van der Waals surface area (Å²) in [5, 5.41) is 6.05. The monoisotopic (exact) mass is 382 g/mol. The predicted molar refractivity (Wildman–Crippen MR) is 80.0 cm³/mol. The highest BCUT2D eigenvalue weighted by Gasteiger charge is 2.23. The third-order valence-electron chi connectivity index (χ3n) is 3.14. The molecule has 0 bridgehead atoms. The van der Waals surface area contributed by atoms with Crippen LogP contribution in [0.1, 0.15) is 12.8 Å². The van der Waals surface area contributed by atoms with E-state index >= 15 is 0 Å². The molecule has 1 aliphatic rings. The van der Waals surface area contributed by atoms with E-state index in [1.165, 1.54) is 12.1 Å². The number of rotatable bonds is 4. The van der Waals surface area contributed by atoms with Crippen LogP contribution in [0.5, 0.6) is 5.75 Å². The molecular formula is C13H14BrClF2N2O2. The highest BCUT2D eigenvalue weighted by molar-refractivity contribution is 9.10. The van der Waals surface area contributed by atoms with Crippen molar-refractivity contribution in [3.8, 4) is 5.75 Å². The van der Waals surface area contributed by atoms with E-state index in [0.29, 0.717) is 11.6 Å². The standard InChI is InChI=1S/C13H14BrClF2N2O2/c14-9-4-8(15)5-10(11(9)21-13(16)17)19-12(20)7-2-1-3-18-6-7/h4-5,7,13,18H,1-3,6H2,(H,19,20). The van der Waals surface area contributed by atoms with Gasteiger partial charge in [0.15, 0.2) is 5.75 Å². The fraction of sp³-hybridized carbons (Fsp3) is 0.462. The Hall–Kier alpha value is -0.920. The van der Waals surface area contributed by atoms with E-state index in [-0.39, 0.29) is 27.7 Å². The Kier molecular flexibility index (Phi) is 5.78. The molecule has 1 amide bonds. The molecule has 0 spiro atoms. The molecule has 1 saturated heterocycles. The number of amides is 1. The number of anilines is 1. The van der Waals surface area contributed by atoms with Gasteiger partial charge in [0.2, 0.25) is 5.91 Å². The van der Waals surface area contributed by atoms with E-state index < -0.39 is 6.61 Å². The van der Waals surface area contributed by atoms with Gasteiger partial charge in [-0.15, -0.1) is 0 Å². The summed E-state index contributed by atoms with van der Waals surface area (Å²) in [5.41, 5.74) is 0.130. The molecule has 1 aromatic carbocycles. The van der Waals surface area contributed by atoms with Gasteiger partial charge in [-0.05, 0) is 47.4 Å². The molecule has 1 atom stereocenters. The zero-order valence-corrected chi connectivity index (χ0v) is 13.3. The molecule has 0 saturated carbocycles. The average molecular weight is 384 g/mol. The summed E-state index contributed by atoms with van der Waals surface area (Å²) in [5.74, 6) is -0.571. The topological polar surface area (TPSA) is 50.4 Å². The van der Waals surface area contributed by atoms with Crippen LogP contribution in [0.4, 0.5) is 14.5 Å². The zero-order valence-electron chi connectivity index (χ0n) is 11.0. The highest BCUT2D eigenvalue weighted by Crippen LogP contribution is 2.37. The third-order valence-corrected chi connectivity index (χ3v) is 3.95. The number of hydrogen-bond donors (Lipinski definition) is 2. The van der Waals surface area contributed by atoms with Crippen molar-refractivity contribution in [2.24, 2.45) is 5.92 Å². The number of hydrogen-bond acceptors (Lipinski definition) is 3. The van der Waals surface area contributed by atoms with E-state index in [4.69, 9.17) is 11.6 Å². The van der Waals surface area contributed by atoms with E-state index in [0.717, 1.165) is 19.4 Å². The van der Waals surface area contributed by atoms with Gasteiger partial charge in [-0.2, -0.15) is 8.78 Å². The van der Waals surface area contributed by atoms with Gasteiger partial charge in [0.25, 0.3) is 0 Å². The smallest absolute Gasteiger partial charge is 0.387 e. The fourth-order valence-electron chi connectivity index (χ4n) is 2.17. The Morgan fingerprint density at radius 2 is 2.29 bits per heavy atom. The highest BCUT2D eigenvalue weighted by atomic mass is 79.9. The van der Waals surface area contributed by atoms with Crippen LogP contribution in [0.25, 0.3) is 0 Å². The first-order chi connectivity index (χ1) is 9.97. The van der Waals surface area contributed by atoms with Crippen molar-refractivity contribution in [3.63, 3.8) is 0 Å². The van der Waals surface area contributed by atoms with Crippen LogP contribution in [0.2, 0.25) is 5.02 Å². The SMILES string of the molecule is O=C(Nc1cc(Cl)cc(Br)c1OC(F)F)C1CCCNC1. The molecule has 1 heterocycles. The zero-order chi connectivity index (χ0) is 15.4. The first-order valence-corrected chi connectivity index (χ1v) is 7.60. The molecule has 0 aliphatic carbocycles. The molecule has 1 unspecified atom stereocenters. The Labute approximate surface area is 134 Å². The van der Waals surface area contributed by atoms with Crippen LogP contribution < -0.4 is 15.4 Å². The van der Waals surface area contributed by atoms with Crippen LogP contribution in [-0.2, 0) is 4.79 Å². The number of alkyl halides is 2. The predicted octanol–water partition coefficient (Wildman–Crippen LogP) is 3.64. The second-order valence-corrected chi connectivity index (χ2v) is 5.97. The number of carbonyl (C=O) groups is 1. The first-order valence-electron chi connectivity index (χ1n) is 6.43. The van der Waals surface area contributed by atoms with Crippen molar-refractivity contribution in [3.05, 3.63) is 21.6 Å². The summed E-state index contributed by atoms with van der Waals surface area (Å²) in [6.45, 7) is -1.54. The van der Waals surface area contributed by atoms with E-state index in [1.54, 1.807) is 0 Å². The number of carbonyl (C=O) groups excluding carboxylic acids is 1. The molecule has 116 valence electrons. The van der Waals surface area contributed by atoms with Gasteiger partial charge >= 0.3 is 6.61 Å². The first kappa shape index (κ1) is 16.5. The molecule has 1 aromatic rings. The van der Waals surface area contributed by atoms with E-state index in [1.807, 2.05) is 0 Å². The second kappa shape index (κ2) is 7.38. The Balaban J connectivity index is 2.19. The summed E-state index contributed by atoms with van der Waals surface area (Å²) in [7, 11) is 0. The normalized spacial score (nSPS) is 18.6. The maximum absolute atomic E-state index is 12.5. The Morgan fingerprint density at radius 1 is 1.52 bits per heavy atom. The van der Waals surface area contributed by atoms with E-state index in [2.05, 4.69) is 31.3 Å². The molecule has 21 heavy (non-hydrogen) atoms. The van der Waals surface area contributed by atoms with Gasteiger partial charge in [0, 0.05) is 11.6 Å². The minimum atomic E-state index is -2.99. The number of ether oxygens (including phenoxy) is 1. The van der Waals surface area contributed by atoms with Crippen molar-refractivity contribution in [1.29, 1.82) is 0 Å². The van der Waals surface area contributed by atoms with E-state index in [9.17, 15) is 13.6 Å². The molecule has 1 fully saturated rings. The Bertz CT molecular complexity index is 525. The average Bonchev–Trinajstić information content (AvgIpc) is 2.43. The Morgan fingerprint density at radius 3 is 2.90 bits per heavy atom. The van der Waals surface area contributed by atoms with Gasteiger partial charge in [-0.3, -0.25) is 4.79 Å². The third kappa shape index (κ3) is 4.52. The molecule has 0 radical (unpaired) electrons. The molecule has 8 heteroatoms. The molecule has 4 nitrogen and oxygen atoms in total. The summed E-state index contributed by atoms with van der Waals surface area (Å²) in [6, 6.07) is 2.81. The van der Waals surface area contributed by atoms with Crippen molar-refractivity contribution in [2.75, 3.05) is 18.4 Å². The van der Waals surface area contributed by atoms with Crippen LogP contribution >= 0.6 is 27.5 Å². The van der Waals surface area contributed by atoms with Gasteiger partial charge in [0.1, 0.15) is 0 Å². The molecule has 1 aliphatic heterocycles. The van der Waals surface area contributed by atoms with Crippen LogP contribution in [0.15, 0.2) is 16.6 Å². The van der Waals surface area contributed by atoms with Crippen molar-refractivity contribution in [1.82, 2.24) is 5.32 Å². The van der Waals surface area contributed by atoms with Gasteiger partial charge in [-0.25, -0.2) is 0 Å². The lowest BCUT2D eigenvalue weighted by Crippen LogP contribution is -2.37. The lowest BCUT2D eigenvalue weighted by molar-refractivity contribution is -0.120. The van der Waals surface area contributed by atoms with Crippen LogP contribution in [-0.4, -0.2) is 25.6 Å². The number of nitrogens with one attached hydrogen (secondary N) is 2. The number of piperidine rings is 1. The molecule has 2 rings (SSSR count). The lowest BCUT2D eigenvalue weighted by atomic mass is 9.99. The summed E-state index contributed by atoms with van der Waals surface area (Å²) >= 11 is 9.00. The van der Waals surface area contributed by atoms with Gasteiger partial charge in [0.05, 0.1) is 16.1 Å². The quantitative estimate of drug-likeness (QED) is 0.834. The van der Waals surface area contributed by atoms with Crippen molar-refractivity contribution in [2.45, 2.75) is 19.5 Å². The number of halogens is 4. The summed E-state index contributed by atoms with van der Waals surface area (Å²) in [4.78, 5) is 12.2. The maximum atomic E-state index is 12.5. The van der Waals surface area contributed by atoms with Gasteiger partial charge in [-0.1, -0.05) is 11.6 Å². The molecular weight excluding hydrogens is 370 g/mol. The largest absolute Gasteiger partial charge is 0.431 e. The summed E-state index contributed by atoms with van der Waals surface area (Å²) in [6.07, 6.45) is 1.66. The molecule has 2 N–H and O–H groups in total. The molecule has 0 aromatic heterocycles. The minimum absolute atomic E-state index is 0.130. The fourth-order valence-corrected chi connectivity index (χ4v) is 3.08. The number of benzene rings is 1. The van der Waals surface area contributed by atoms with Crippen molar-refractivity contribution >= 4 is 39.1 Å².